The highest BCUT2D eigenvalue weighted by Gasteiger charge is 2.32. The Morgan fingerprint density at radius 1 is 1.19 bits per heavy atom. The summed E-state index contributed by atoms with van der Waals surface area (Å²) in [5.74, 6) is 1.02. The molecule has 1 fully saturated rings. The minimum absolute atomic E-state index is 0.170. The summed E-state index contributed by atoms with van der Waals surface area (Å²) in [6.07, 6.45) is 2.70. The molecule has 1 aliphatic rings. The van der Waals surface area contributed by atoms with Gasteiger partial charge in [-0.05, 0) is 44.2 Å². The summed E-state index contributed by atoms with van der Waals surface area (Å²) < 4.78 is 26.4. The Labute approximate surface area is 188 Å². The molecule has 3 aromatic rings. The van der Waals surface area contributed by atoms with Crippen molar-refractivity contribution in [2.75, 3.05) is 39.2 Å². The van der Waals surface area contributed by atoms with Crippen LogP contribution >= 0.6 is 15.9 Å². The molecule has 2 N–H and O–H groups in total. The number of aliphatic hydroxyl groups is 1. The lowest BCUT2D eigenvalue weighted by Gasteiger charge is -2.36. The number of hydrogen-bond acceptors (Lipinski definition) is 7. The third-order valence-electron chi connectivity index (χ3n) is 5.52. The largest absolute Gasteiger partial charge is 0.493 e. The maximum atomic E-state index is 14.3. The number of benzene rings is 2. The van der Waals surface area contributed by atoms with Crippen LogP contribution in [0, 0.1) is 5.82 Å². The molecule has 1 aliphatic heterocycles. The molecule has 0 aliphatic carbocycles. The van der Waals surface area contributed by atoms with E-state index in [1.54, 1.807) is 31.4 Å². The lowest BCUT2D eigenvalue weighted by atomic mass is 9.93. The van der Waals surface area contributed by atoms with Crippen molar-refractivity contribution in [2.45, 2.75) is 18.4 Å². The topological polar surface area (TPSA) is 79.7 Å². The predicted molar refractivity (Wildman–Crippen MR) is 121 cm³/mol. The number of halogens is 2. The normalized spacial score (nSPS) is 16.3. The maximum Gasteiger partial charge on any atom is 0.163 e. The summed E-state index contributed by atoms with van der Waals surface area (Å²) in [4.78, 5) is 10.8. The Bertz CT molecular complexity index is 1090. The van der Waals surface area contributed by atoms with E-state index in [2.05, 4.69) is 36.1 Å². The van der Waals surface area contributed by atoms with Gasteiger partial charge in [-0.2, -0.15) is 0 Å². The number of nitrogens with one attached hydrogen (secondary N) is 1. The zero-order chi connectivity index (χ0) is 22.0. The fraction of sp³-hybridized carbons (Fsp3) is 0.364. The zero-order valence-electron chi connectivity index (χ0n) is 17.4. The molecule has 0 saturated carbocycles. The van der Waals surface area contributed by atoms with Gasteiger partial charge in [0.2, 0.25) is 0 Å². The lowest BCUT2D eigenvalue weighted by Crippen LogP contribution is -2.46. The molecule has 9 heteroatoms. The molecule has 0 atom stereocenters. The smallest absolute Gasteiger partial charge is 0.163 e. The maximum absolute atomic E-state index is 14.3. The number of piperidine rings is 1. The Kier molecular flexibility index (Phi) is 6.27. The van der Waals surface area contributed by atoms with Crippen LogP contribution in [0.1, 0.15) is 12.8 Å². The number of fused-ring (bicyclic) bond motifs is 1. The third kappa shape index (κ3) is 4.89. The first-order valence-electron chi connectivity index (χ1n) is 9.95. The van der Waals surface area contributed by atoms with Crippen LogP contribution in [0.2, 0.25) is 0 Å². The minimum atomic E-state index is -0.871. The van der Waals surface area contributed by atoms with Gasteiger partial charge < -0.3 is 24.8 Å². The van der Waals surface area contributed by atoms with Crippen LogP contribution in [0.25, 0.3) is 10.9 Å². The fourth-order valence-corrected chi connectivity index (χ4v) is 3.88. The van der Waals surface area contributed by atoms with Crippen molar-refractivity contribution in [1.82, 2.24) is 14.9 Å². The zero-order valence-corrected chi connectivity index (χ0v) is 18.9. The molecule has 2 heterocycles. The Morgan fingerprint density at radius 2 is 1.97 bits per heavy atom. The molecule has 0 spiro atoms. The molecule has 0 amide bonds. The molecule has 1 aromatic heterocycles. The van der Waals surface area contributed by atoms with Crippen molar-refractivity contribution in [3.8, 4) is 11.5 Å². The van der Waals surface area contributed by atoms with Crippen molar-refractivity contribution in [2.24, 2.45) is 0 Å². The fourth-order valence-electron chi connectivity index (χ4n) is 3.55. The number of aromatic nitrogens is 2. The second-order valence-corrected chi connectivity index (χ2v) is 8.72. The molecular formula is C22H24BrFN4O3. The number of anilines is 2. The summed E-state index contributed by atoms with van der Waals surface area (Å²) in [7, 11) is 3.59. The van der Waals surface area contributed by atoms with Gasteiger partial charge in [-0.15, -0.1) is 0 Å². The van der Waals surface area contributed by atoms with E-state index in [0.717, 1.165) is 13.1 Å². The van der Waals surface area contributed by atoms with E-state index in [-0.39, 0.29) is 6.61 Å². The second-order valence-electron chi connectivity index (χ2n) is 7.81. The van der Waals surface area contributed by atoms with E-state index < -0.39 is 11.4 Å². The first-order valence-corrected chi connectivity index (χ1v) is 10.7. The van der Waals surface area contributed by atoms with Gasteiger partial charge in [-0.3, -0.25) is 0 Å². The summed E-state index contributed by atoms with van der Waals surface area (Å²) in [5, 5.41) is 14.5. The van der Waals surface area contributed by atoms with E-state index in [0.29, 0.717) is 51.2 Å². The van der Waals surface area contributed by atoms with Crippen molar-refractivity contribution < 1.29 is 19.0 Å². The van der Waals surface area contributed by atoms with Crippen LogP contribution in [0.5, 0.6) is 11.5 Å². The van der Waals surface area contributed by atoms with Gasteiger partial charge in [0.15, 0.2) is 11.5 Å². The second kappa shape index (κ2) is 8.94. The predicted octanol–water partition coefficient (Wildman–Crippen LogP) is 4.12. The average molecular weight is 491 g/mol. The van der Waals surface area contributed by atoms with Gasteiger partial charge >= 0.3 is 0 Å². The van der Waals surface area contributed by atoms with Crippen molar-refractivity contribution in [1.29, 1.82) is 0 Å². The summed E-state index contributed by atoms with van der Waals surface area (Å²) >= 11 is 3.25. The summed E-state index contributed by atoms with van der Waals surface area (Å²) in [6.45, 7) is 1.82. The summed E-state index contributed by atoms with van der Waals surface area (Å²) in [6, 6.07) is 8.26. The van der Waals surface area contributed by atoms with Crippen LogP contribution in [0.15, 0.2) is 41.1 Å². The summed E-state index contributed by atoms with van der Waals surface area (Å²) in [5.41, 5.74) is 0.0393. The Hall–Kier alpha value is -2.49. The van der Waals surface area contributed by atoms with E-state index in [1.807, 2.05) is 7.05 Å². The molecule has 7 nitrogen and oxygen atoms in total. The van der Waals surface area contributed by atoms with Crippen LogP contribution in [-0.4, -0.2) is 59.4 Å². The third-order valence-corrected chi connectivity index (χ3v) is 6.01. The first kappa shape index (κ1) is 21.7. The molecule has 0 radical (unpaired) electrons. The lowest BCUT2D eigenvalue weighted by molar-refractivity contribution is -0.0486. The van der Waals surface area contributed by atoms with Crippen LogP contribution in [0.4, 0.5) is 15.9 Å². The van der Waals surface area contributed by atoms with Crippen molar-refractivity contribution in [3.05, 3.63) is 46.9 Å². The average Bonchev–Trinajstić information content (AvgIpc) is 2.76. The molecule has 1 saturated heterocycles. The van der Waals surface area contributed by atoms with Gasteiger partial charge in [0, 0.05) is 29.0 Å². The Morgan fingerprint density at radius 3 is 2.68 bits per heavy atom. The first-order chi connectivity index (χ1) is 14.9. The number of nitrogens with zero attached hydrogens (tertiary/aromatic N) is 3. The SMILES string of the molecule is COc1cc2c(Nc3ccc(Br)cc3F)ncnc2cc1OCC1(O)CCN(C)CC1. The van der Waals surface area contributed by atoms with E-state index in [4.69, 9.17) is 9.47 Å². The van der Waals surface area contributed by atoms with Gasteiger partial charge in [0.05, 0.1) is 18.3 Å². The number of likely N-dealkylation sites (tertiary alicyclic amines) is 1. The quantitative estimate of drug-likeness (QED) is 0.537. The Balaban J connectivity index is 1.60. The van der Waals surface area contributed by atoms with Gasteiger partial charge in [0.25, 0.3) is 0 Å². The van der Waals surface area contributed by atoms with Crippen LogP contribution in [-0.2, 0) is 0 Å². The number of rotatable bonds is 6. The van der Waals surface area contributed by atoms with Gasteiger partial charge in [0.1, 0.15) is 30.2 Å². The molecule has 31 heavy (non-hydrogen) atoms. The molecule has 164 valence electrons. The van der Waals surface area contributed by atoms with Crippen molar-refractivity contribution >= 4 is 38.3 Å². The van der Waals surface area contributed by atoms with E-state index in [1.165, 1.54) is 12.4 Å². The molecule has 0 unspecified atom stereocenters. The highest BCUT2D eigenvalue weighted by molar-refractivity contribution is 9.10. The van der Waals surface area contributed by atoms with E-state index in [9.17, 15) is 9.50 Å². The minimum Gasteiger partial charge on any atom is -0.493 e. The molecule has 0 bridgehead atoms. The number of ether oxygens (including phenoxy) is 2. The number of methoxy groups -OCH3 is 1. The number of hydrogen-bond donors (Lipinski definition) is 2. The molecular weight excluding hydrogens is 467 g/mol. The standard InChI is InChI=1S/C22H24BrFN4O3/c1-28-7-5-22(29,6-8-28)12-31-20-11-18-15(10-19(20)30-2)21(26-13-25-18)27-17-4-3-14(23)9-16(17)24/h3-4,9-11,13,29H,5-8,12H2,1-2H3,(H,25,26,27). The monoisotopic (exact) mass is 490 g/mol. The van der Waals surface area contributed by atoms with E-state index >= 15 is 0 Å². The van der Waals surface area contributed by atoms with Crippen LogP contribution in [0.3, 0.4) is 0 Å². The van der Waals surface area contributed by atoms with Gasteiger partial charge in [-0.25, -0.2) is 14.4 Å². The van der Waals surface area contributed by atoms with Crippen LogP contribution < -0.4 is 14.8 Å². The van der Waals surface area contributed by atoms with Crippen molar-refractivity contribution in [3.63, 3.8) is 0 Å². The highest BCUT2D eigenvalue weighted by atomic mass is 79.9. The molecule has 4 rings (SSSR count). The highest BCUT2D eigenvalue weighted by Crippen LogP contribution is 2.36. The van der Waals surface area contributed by atoms with Gasteiger partial charge in [-0.1, -0.05) is 15.9 Å². The molecule has 2 aromatic carbocycles.